The number of rotatable bonds is 6. The van der Waals surface area contributed by atoms with E-state index in [9.17, 15) is 4.39 Å². The van der Waals surface area contributed by atoms with Crippen LogP contribution in [0.15, 0.2) is 41.5 Å². The molecule has 6 nitrogen and oxygen atoms in total. The maximum absolute atomic E-state index is 13.9. The lowest BCUT2D eigenvalue weighted by atomic mass is 10.1. The van der Waals surface area contributed by atoms with Crippen LogP contribution in [0, 0.1) is 12.7 Å². The first kappa shape index (κ1) is 26.3. The van der Waals surface area contributed by atoms with Crippen LogP contribution in [0.4, 0.5) is 10.2 Å². The Balaban J connectivity index is 0.00000363. The van der Waals surface area contributed by atoms with Gasteiger partial charge in [0.1, 0.15) is 11.6 Å². The van der Waals surface area contributed by atoms with Crippen molar-refractivity contribution < 1.29 is 9.13 Å². The van der Waals surface area contributed by atoms with Gasteiger partial charge in [-0.25, -0.2) is 14.4 Å². The lowest BCUT2D eigenvalue weighted by Crippen LogP contribution is -2.45. The van der Waals surface area contributed by atoms with Gasteiger partial charge >= 0.3 is 0 Å². The SMILES string of the molecule is CCNC(=NCc1ccc(N2CC(C)OC(C)C2)nc1)NC(C)c1ccc(C)c(F)c1.I. The van der Waals surface area contributed by atoms with Gasteiger partial charge in [0.2, 0.25) is 0 Å². The summed E-state index contributed by atoms with van der Waals surface area (Å²) in [5.74, 6) is 1.47. The second-order valence-electron chi connectivity index (χ2n) is 8.26. The van der Waals surface area contributed by atoms with Crippen molar-refractivity contribution in [2.75, 3.05) is 24.5 Å². The van der Waals surface area contributed by atoms with Crippen molar-refractivity contribution in [3.8, 4) is 0 Å². The molecule has 176 valence electrons. The summed E-state index contributed by atoms with van der Waals surface area (Å²) in [7, 11) is 0. The van der Waals surface area contributed by atoms with Gasteiger partial charge in [-0.3, -0.25) is 0 Å². The fourth-order valence-electron chi connectivity index (χ4n) is 3.72. The Morgan fingerprint density at radius 1 is 1.25 bits per heavy atom. The van der Waals surface area contributed by atoms with Crippen molar-refractivity contribution in [3.63, 3.8) is 0 Å². The van der Waals surface area contributed by atoms with E-state index in [0.717, 1.165) is 36.6 Å². The molecule has 3 rings (SSSR count). The fourth-order valence-corrected chi connectivity index (χ4v) is 3.72. The molecule has 0 bridgehead atoms. The van der Waals surface area contributed by atoms with Crippen molar-refractivity contribution in [1.29, 1.82) is 0 Å². The summed E-state index contributed by atoms with van der Waals surface area (Å²) in [5, 5.41) is 6.61. The normalized spacial score (nSPS) is 19.8. The molecule has 1 aromatic heterocycles. The Morgan fingerprint density at radius 2 is 1.97 bits per heavy atom. The van der Waals surface area contributed by atoms with E-state index in [2.05, 4.69) is 45.4 Å². The number of hydrogen-bond acceptors (Lipinski definition) is 4. The average Bonchev–Trinajstić information content (AvgIpc) is 2.73. The van der Waals surface area contributed by atoms with Gasteiger partial charge in [-0.2, -0.15) is 0 Å². The number of aryl methyl sites for hydroxylation is 1. The van der Waals surface area contributed by atoms with Crippen LogP contribution in [0.2, 0.25) is 0 Å². The quantitative estimate of drug-likeness (QED) is 0.311. The Hall–Kier alpha value is -1.94. The van der Waals surface area contributed by atoms with E-state index in [-0.39, 0.29) is 48.0 Å². The molecule has 0 aliphatic carbocycles. The molecule has 2 N–H and O–H groups in total. The number of aliphatic imine (C=N–C) groups is 1. The molecular weight excluding hydrogens is 520 g/mol. The Morgan fingerprint density at radius 3 is 2.56 bits per heavy atom. The third kappa shape index (κ3) is 7.30. The predicted octanol–water partition coefficient (Wildman–Crippen LogP) is 4.58. The van der Waals surface area contributed by atoms with Crippen LogP contribution < -0.4 is 15.5 Å². The van der Waals surface area contributed by atoms with Gasteiger partial charge in [0.25, 0.3) is 0 Å². The first-order chi connectivity index (χ1) is 14.9. The number of nitrogens with one attached hydrogen (secondary N) is 2. The van der Waals surface area contributed by atoms with Gasteiger partial charge in [-0.15, -0.1) is 24.0 Å². The molecule has 8 heteroatoms. The number of hydrogen-bond donors (Lipinski definition) is 2. The summed E-state index contributed by atoms with van der Waals surface area (Å²) in [5.41, 5.74) is 2.56. The average molecular weight is 555 g/mol. The smallest absolute Gasteiger partial charge is 0.192 e. The number of pyridine rings is 1. The largest absolute Gasteiger partial charge is 0.372 e. The highest BCUT2D eigenvalue weighted by Crippen LogP contribution is 2.19. The third-order valence-electron chi connectivity index (χ3n) is 5.37. The second kappa shape index (κ2) is 12.3. The molecule has 3 unspecified atom stereocenters. The number of anilines is 1. The standard InChI is InChI=1S/C24H34FN5O.HI/c1-6-26-24(29-19(5)21-9-7-16(2)22(25)11-21)28-13-20-8-10-23(27-12-20)30-14-17(3)31-18(4)15-30;/h7-12,17-19H,6,13-15H2,1-5H3,(H2,26,28,29);1H. The molecule has 0 saturated carbocycles. The van der Waals surface area contributed by atoms with Crippen LogP contribution in [-0.2, 0) is 11.3 Å². The fraction of sp³-hybridized carbons (Fsp3) is 0.500. The molecular formula is C24H35FIN5O. The number of nitrogens with zero attached hydrogens (tertiary/aromatic N) is 3. The number of benzene rings is 1. The molecule has 2 aromatic rings. The number of guanidine groups is 1. The van der Waals surface area contributed by atoms with Gasteiger partial charge in [0, 0.05) is 25.8 Å². The summed E-state index contributed by atoms with van der Waals surface area (Å²) in [4.78, 5) is 11.6. The van der Waals surface area contributed by atoms with Crippen molar-refractivity contribution in [3.05, 3.63) is 59.0 Å². The monoisotopic (exact) mass is 555 g/mol. The zero-order valence-corrected chi connectivity index (χ0v) is 21.9. The minimum absolute atomic E-state index is 0. The van der Waals surface area contributed by atoms with Gasteiger partial charge in [0.15, 0.2) is 5.96 Å². The van der Waals surface area contributed by atoms with Crippen LogP contribution in [0.1, 0.15) is 50.4 Å². The Labute approximate surface area is 208 Å². The van der Waals surface area contributed by atoms with Crippen LogP contribution in [0.25, 0.3) is 0 Å². The predicted molar refractivity (Wildman–Crippen MR) is 139 cm³/mol. The number of ether oxygens (including phenoxy) is 1. The lowest BCUT2D eigenvalue weighted by Gasteiger charge is -2.36. The molecule has 1 saturated heterocycles. The Bertz CT molecular complexity index is 882. The number of halogens is 2. The van der Waals surface area contributed by atoms with Crippen molar-refractivity contribution in [1.82, 2.24) is 15.6 Å². The first-order valence-electron chi connectivity index (χ1n) is 11.0. The van der Waals surface area contributed by atoms with Gasteiger partial charge in [-0.1, -0.05) is 18.2 Å². The van der Waals surface area contributed by atoms with Gasteiger partial charge in [-0.05, 0) is 63.4 Å². The van der Waals surface area contributed by atoms with E-state index in [1.165, 1.54) is 0 Å². The number of aromatic nitrogens is 1. The summed E-state index contributed by atoms with van der Waals surface area (Å²) in [6, 6.07) is 9.36. The maximum atomic E-state index is 13.9. The highest BCUT2D eigenvalue weighted by atomic mass is 127. The third-order valence-corrected chi connectivity index (χ3v) is 5.37. The van der Waals surface area contributed by atoms with Crippen molar-refractivity contribution in [2.45, 2.75) is 59.4 Å². The van der Waals surface area contributed by atoms with Crippen molar-refractivity contribution in [2.24, 2.45) is 4.99 Å². The van der Waals surface area contributed by atoms with E-state index in [1.807, 2.05) is 32.2 Å². The van der Waals surface area contributed by atoms with Gasteiger partial charge in [0.05, 0.1) is 24.8 Å². The van der Waals surface area contributed by atoms with Crippen LogP contribution in [0.5, 0.6) is 0 Å². The van der Waals surface area contributed by atoms with E-state index in [0.29, 0.717) is 18.1 Å². The molecule has 0 spiro atoms. The molecule has 1 fully saturated rings. The van der Waals surface area contributed by atoms with E-state index in [4.69, 9.17) is 4.74 Å². The molecule has 0 radical (unpaired) electrons. The Kier molecular flexibility index (Phi) is 10.1. The molecule has 1 aromatic carbocycles. The molecule has 1 aliphatic rings. The minimum Gasteiger partial charge on any atom is -0.372 e. The van der Waals surface area contributed by atoms with Crippen molar-refractivity contribution >= 4 is 35.8 Å². The van der Waals surface area contributed by atoms with Crippen LogP contribution >= 0.6 is 24.0 Å². The highest BCUT2D eigenvalue weighted by Gasteiger charge is 2.23. The van der Waals surface area contributed by atoms with Gasteiger partial charge < -0.3 is 20.3 Å². The molecule has 3 atom stereocenters. The first-order valence-corrected chi connectivity index (χ1v) is 11.0. The summed E-state index contributed by atoms with van der Waals surface area (Å²) in [6.45, 7) is 12.9. The highest BCUT2D eigenvalue weighted by molar-refractivity contribution is 14.0. The lowest BCUT2D eigenvalue weighted by molar-refractivity contribution is -0.00545. The zero-order valence-electron chi connectivity index (χ0n) is 19.6. The molecule has 0 amide bonds. The minimum atomic E-state index is -0.191. The summed E-state index contributed by atoms with van der Waals surface area (Å²) >= 11 is 0. The zero-order chi connectivity index (χ0) is 22.4. The summed E-state index contributed by atoms with van der Waals surface area (Å²) < 4.78 is 19.7. The van der Waals surface area contributed by atoms with Crippen LogP contribution in [0.3, 0.4) is 0 Å². The summed E-state index contributed by atoms with van der Waals surface area (Å²) in [6.07, 6.45) is 2.28. The molecule has 2 heterocycles. The van der Waals surface area contributed by atoms with E-state index < -0.39 is 0 Å². The topological polar surface area (TPSA) is 61.8 Å². The molecule has 1 aliphatic heterocycles. The van der Waals surface area contributed by atoms with E-state index in [1.54, 1.807) is 19.1 Å². The molecule has 32 heavy (non-hydrogen) atoms. The van der Waals surface area contributed by atoms with E-state index >= 15 is 0 Å². The second-order valence-corrected chi connectivity index (χ2v) is 8.26. The number of morpholine rings is 1. The maximum Gasteiger partial charge on any atom is 0.192 e. The van der Waals surface area contributed by atoms with Crippen LogP contribution in [-0.4, -0.2) is 42.8 Å².